The Balaban J connectivity index is 1.18. The maximum absolute atomic E-state index is 5.08. The summed E-state index contributed by atoms with van der Waals surface area (Å²) >= 11 is 0. The van der Waals surface area contributed by atoms with Gasteiger partial charge in [0.05, 0.1) is 11.0 Å². The molecule has 0 atom stereocenters. The zero-order valence-electron chi connectivity index (χ0n) is 24.7. The topological polar surface area (TPSA) is 64.5 Å². The van der Waals surface area contributed by atoms with Crippen LogP contribution in [0.25, 0.3) is 88.8 Å². The van der Waals surface area contributed by atoms with E-state index in [1.807, 2.05) is 48.7 Å². The molecular weight excluding hydrogens is 562 g/mol. The quantitative estimate of drug-likeness (QED) is 0.192. The van der Waals surface area contributed by atoms with Crippen LogP contribution in [0.15, 0.2) is 152 Å². The summed E-state index contributed by atoms with van der Waals surface area (Å²) in [5.74, 6) is 1.76. The molecule has 3 heterocycles. The van der Waals surface area contributed by atoms with Crippen molar-refractivity contribution >= 4 is 43.4 Å². The molecule has 0 amide bonds. The van der Waals surface area contributed by atoms with Crippen LogP contribution in [0.3, 0.4) is 0 Å². The number of hydrogen-bond acceptors (Lipinski definition) is 5. The number of hydrogen-bond donors (Lipinski definition) is 0. The summed E-state index contributed by atoms with van der Waals surface area (Å²) in [6.45, 7) is 0. The normalized spacial score (nSPS) is 11.5. The van der Waals surface area contributed by atoms with Crippen molar-refractivity contribution in [3.63, 3.8) is 0 Å². The Kier molecular flexibility index (Phi) is 6.06. The number of benzene rings is 6. The summed E-state index contributed by atoms with van der Waals surface area (Å²) in [7, 11) is 0. The molecular formula is C41H25N5. The fraction of sp³-hybridized carbons (Fsp3) is 0. The van der Waals surface area contributed by atoms with Gasteiger partial charge in [0.2, 0.25) is 0 Å². The van der Waals surface area contributed by atoms with E-state index < -0.39 is 0 Å². The second-order valence-electron chi connectivity index (χ2n) is 11.4. The maximum atomic E-state index is 5.08. The van der Waals surface area contributed by atoms with Crippen LogP contribution in [-0.2, 0) is 0 Å². The Morgan fingerprint density at radius 2 is 0.913 bits per heavy atom. The highest BCUT2D eigenvalue weighted by atomic mass is 15.0. The van der Waals surface area contributed by atoms with Crippen LogP contribution >= 0.6 is 0 Å². The Bertz CT molecular complexity index is 2600. The fourth-order valence-corrected chi connectivity index (χ4v) is 6.09. The molecule has 0 N–H and O–H groups in total. The smallest absolute Gasteiger partial charge is 0.182 e. The molecule has 5 nitrogen and oxygen atoms in total. The maximum Gasteiger partial charge on any atom is 0.182 e. The molecule has 6 aromatic carbocycles. The van der Waals surface area contributed by atoms with Gasteiger partial charge in [-0.2, -0.15) is 0 Å². The minimum atomic E-state index is 0.534. The second-order valence-corrected chi connectivity index (χ2v) is 11.4. The summed E-state index contributed by atoms with van der Waals surface area (Å²) in [6, 6.07) is 50.2. The highest BCUT2D eigenvalue weighted by Crippen LogP contribution is 2.31. The number of nitrogens with zero attached hydrogens (tertiary/aromatic N) is 5. The lowest BCUT2D eigenvalue weighted by Crippen LogP contribution is -2.01. The molecule has 214 valence electrons. The summed E-state index contributed by atoms with van der Waals surface area (Å²) in [6.07, 6.45) is 1.82. The number of pyridine rings is 2. The van der Waals surface area contributed by atoms with Crippen molar-refractivity contribution < 1.29 is 0 Å². The van der Waals surface area contributed by atoms with Crippen molar-refractivity contribution in [1.82, 2.24) is 24.9 Å². The van der Waals surface area contributed by atoms with Crippen molar-refractivity contribution in [2.24, 2.45) is 0 Å². The minimum absolute atomic E-state index is 0.534. The molecule has 46 heavy (non-hydrogen) atoms. The lowest BCUT2D eigenvalue weighted by molar-refractivity contribution is 1.06. The Labute approximate surface area is 264 Å². The van der Waals surface area contributed by atoms with E-state index in [1.165, 1.54) is 16.2 Å². The van der Waals surface area contributed by atoms with Gasteiger partial charge in [-0.25, -0.2) is 19.9 Å². The van der Waals surface area contributed by atoms with Gasteiger partial charge in [0.25, 0.3) is 0 Å². The molecule has 0 fully saturated rings. The van der Waals surface area contributed by atoms with Gasteiger partial charge in [-0.05, 0) is 81.2 Å². The first-order valence-electron chi connectivity index (χ1n) is 15.2. The lowest BCUT2D eigenvalue weighted by Gasteiger charge is -2.10. The predicted molar refractivity (Wildman–Crippen MR) is 187 cm³/mol. The average molecular weight is 588 g/mol. The van der Waals surface area contributed by atoms with Crippen molar-refractivity contribution in [2.45, 2.75) is 0 Å². The van der Waals surface area contributed by atoms with Crippen LogP contribution in [0.4, 0.5) is 0 Å². The van der Waals surface area contributed by atoms with E-state index in [4.69, 9.17) is 19.9 Å². The van der Waals surface area contributed by atoms with Crippen molar-refractivity contribution in [3.8, 4) is 45.4 Å². The van der Waals surface area contributed by atoms with Gasteiger partial charge < -0.3 is 0 Å². The monoisotopic (exact) mass is 587 g/mol. The zero-order valence-corrected chi connectivity index (χ0v) is 24.7. The van der Waals surface area contributed by atoms with E-state index in [-0.39, 0.29) is 0 Å². The molecule has 0 saturated carbocycles. The van der Waals surface area contributed by atoms with Crippen molar-refractivity contribution in [2.75, 3.05) is 0 Å². The van der Waals surface area contributed by atoms with E-state index in [2.05, 4.69) is 108 Å². The molecule has 9 aromatic rings. The summed E-state index contributed by atoms with van der Waals surface area (Å²) in [5.41, 5.74) is 6.61. The van der Waals surface area contributed by atoms with E-state index in [9.17, 15) is 0 Å². The molecule has 0 aliphatic rings. The largest absolute Gasteiger partial charge is 0.256 e. The molecule has 0 aliphatic heterocycles. The van der Waals surface area contributed by atoms with Crippen LogP contribution in [0.2, 0.25) is 0 Å². The summed E-state index contributed by atoms with van der Waals surface area (Å²) < 4.78 is 0. The molecule has 0 bridgehead atoms. The number of aromatic nitrogens is 5. The first-order chi connectivity index (χ1) is 22.7. The molecule has 9 rings (SSSR count). The summed E-state index contributed by atoms with van der Waals surface area (Å²) in [4.78, 5) is 24.4. The van der Waals surface area contributed by atoms with Crippen LogP contribution in [-0.4, -0.2) is 24.9 Å². The zero-order chi connectivity index (χ0) is 30.5. The predicted octanol–water partition coefficient (Wildman–Crippen LogP) is 9.94. The van der Waals surface area contributed by atoms with Crippen LogP contribution < -0.4 is 0 Å². The van der Waals surface area contributed by atoms with Crippen LogP contribution in [0.1, 0.15) is 0 Å². The van der Waals surface area contributed by atoms with Gasteiger partial charge in [0.1, 0.15) is 5.69 Å². The van der Waals surface area contributed by atoms with Crippen molar-refractivity contribution in [1.29, 1.82) is 0 Å². The molecule has 0 radical (unpaired) electrons. The van der Waals surface area contributed by atoms with E-state index in [1.54, 1.807) is 0 Å². The fourth-order valence-electron chi connectivity index (χ4n) is 6.09. The molecule has 0 aliphatic carbocycles. The number of fused-ring (bicyclic) bond motifs is 4. The molecule has 0 unspecified atom stereocenters. The third-order valence-electron chi connectivity index (χ3n) is 8.49. The SMILES string of the molecule is c1ccc(-c2nc(-c3ccc4cc5ccccc5cc4c3)nc(-c3ccc4ccc(-c5ccc6ncccc6c5)cc4n3)n2)cc1. The second kappa shape index (κ2) is 10.7. The highest BCUT2D eigenvalue weighted by molar-refractivity contribution is 5.99. The van der Waals surface area contributed by atoms with Crippen LogP contribution in [0.5, 0.6) is 0 Å². The Morgan fingerprint density at radius 3 is 1.78 bits per heavy atom. The van der Waals surface area contributed by atoms with Gasteiger partial charge in [-0.1, -0.05) is 97.1 Å². The van der Waals surface area contributed by atoms with Crippen molar-refractivity contribution in [3.05, 3.63) is 152 Å². The summed E-state index contributed by atoms with van der Waals surface area (Å²) in [5, 5.41) is 6.90. The van der Waals surface area contributed by atoms with Gasteiger partial charge >= 0.3 is 0 Å². The third-order valence-corrected chi connectivity index (χ3v) is 8.49. The Hall–Kier alpha value is -6.33. The molecule has 0 spiro atoms. The van der Waals surface area contributed by atoms with Gasteiger partial charge in [0.15, 0.2) is 17.5 Å². The van der Waals surface area contributed by atoms with Crippen LogP contribution in [0, 0.1) is 0 Å². The average Bonchev–Trinajstić information content (AvgIpc) is 3.13. The molecule has 3 aromatic heterocycles. The van der Waals surface area contributed by atoms with E-state index >= 15 is 0 Å². The standard InChI is InChI=1S/C41H25N5/c1-2-7-27(8-3-1)39-44-40(34-15-14-31-21-28-9-4-5-10-29(28)23-35(31)24-34)46-41(45-39)37-19-16-26-12-13-32(25-38(26)43-37)30-17-18-36-33(22-30)11-6-20-42-36/h1-25H. The van der Waals surface area contributed by atoms with E-state index in [0.29, 0.717) is 23.2 Å². The number of rotatable bonds is 4. The first-order valence-corrected chi connectivity index (χ1v) is 15.2. The van der Waals surface area contributed by atoms with Gasteiger partial charge in [0, 0.05) is 28.1 Å². The first kappa shape index (κ1) is 26.1. The lowest BCUT2D eigenvalue weighted by atomic mass is 10.0. The van der Waals surface area contributed by atoms with E-state index in [0.717, 1.165) is 49.4 Å². The third kappa shape index (κ3) is 4.71. The Morgan fingerprint density at radius 1 is 0.304 bits per heavy atom. The van der Waals surface area contributed by atoms with Gasteiger partial charge in [-0.15, -0.1) is 0 Å². The minimum Gasteiger partial charge on any atom is -0.256 e. The molecule has 0 saturated heterocycles. The van der Waals surface area contributed by atoms with Gasteiger partial charge in [-0.3, -0.25) is 4.98 Å². The highest BCUT2D eigenvalue weighted by Gasteiger charge is 2.14. The molecule has 5 heteroatoms.